The first-order valence-electron chi connectivity index (χ1n) is 20.2. The number of hydrogen-bond acceptors (Lipinski definition) is 9. The highest BCUT2D eigenvalue weighted by Gasteiger charge is 2.56. The predicted molar refractivity (Wildman–Crippen MR) is 217 cm³/mol. The van der Waals surface area contributed by atoms with Gasteiger partial charge in [0.1, 0.15) is 35.6 Å². The number of likely N-dealkylation sites (tertiary alicyclic amines) is 2. The lowest BCUT2D eigenvalue weighted by Gasteiger charge is -2.31. The summed E-state index contributed by atoms with van der Waals surface area (Å²) in [4.78, 5) is 60.0. The number of alkyl carbamates (subject to hydrolysis) is 1. The Morgan fingerprint density at radius 3 is 2.57 bits per heavy atom. The van der Waals surface area contributed by atoms with Crippen molar-refractivity contribution in [1.82, 2.24) is 35.1 Å². The third-order valence-electron chi connectivity index (χ3n) is 12.1. The van der Waals surface area contributed by atoms with Crippen molar-refractivity contribution in [2.45, 2.75) is 90.3 Å². The molecule has 304 valence electrons. The quantitative estimate of drug-likeness (QED) is 0.143. The minimum absolute atomic E-state index is 0.104. The number of carbonyl (C=O) groups excluding carboxylic acids is 3. The molecule has 4 aliphatic rings. The van der Waals surface area contributed by atoms with Gasteiger partial charge in [0.05, 0.1) is 48.7 Å². The van der Waals surface area contributed by atoms with Gasteiger partial charge < -0.3 is 39.1 Å². The summed E-state index contributed by atoms with van der Waals surface area (Å²) in [5, 5.41) is 4.80. The molecule has 5 heterocycles. The van der Waals surface area contributed by atoms with E-state index in [0.717, 1.165) is 86.4 Å². The molecule has 14 nitrogen and oxygen atoms in total. The van der Waals surface area contributed by atoms with Crippen molar-refractivity contribution >= 4 is 39.9 Å². The highest BCUT2D eigenvalue weighted by Crippen LogP contribution is 2.54. The van der Waals surface area contributed by atoms with Crippen LogP contribution in [0.25, 0.3) is 44.2 Å². The monoisotopic (exact) mass is 789 g/mol. The van der Waals surface area contributed by atoms with E-state index in [2.05, 4.69) is 51.7 Å². The highest BCUT2D eigenvalue weighted by atomic mass is 16.6. The summed E-state index contributed by atoms with van der Waals surface area (Å²) in [7, 11) is 2.99. The molecule has 1 saturated carbocycles. The van der Waals surface area contributed by atoms with Gasteiger partial charge in [0.25, 0.3) is 0 Å². The Balaban J connectivity index is 0.977. The highest BCUT2D eigenvalue weighted by molar-refractivity contribution is 6.07. The first-order chi connectivity index (χ1) is 27.8. The van der Waals surface area contributed by atoms with E-state index in [0.29, 0.717) is 25.7 Å². The molecular weight excluding hydrogens is 739 g/mol. The second kappa shape index (κ2) is 14.3. The van der Waals surface area contributed by atoms with Crippen LogP contribution in [-0.4, -0.2) is 92.9 Å². The van der Waals surface area contributed by atoms with Crippen molar-refractivity contribution in [1.29, 1.82) is 0 Å². The molecule has 0 radical (unpaired) electrons. The summed E-state index contributed by atoms with van der Waals surface area (Å²) in [6, 6.07) is 13.7. The van der Waals surface area contributed by atoms with Gasteiger partial charge in [-0.1, -0.05) is 32.0 Å². The number of H-pyrrole nitrogens is 2. The third kappa shape index (κ3) is 6.80. The van der Waals surface area contributed by atoms with Crippen LogP contribution in [0.3, 0.4) is 0 Å². The van der Waals surface area contributed by atoms with Gasteiger partial charge in [0.2, 0.25) is 5.91 Å². The molecule has 9 rings (SSSR count). The maximum absolute atomic E-state index is 14.0. The van der Waals surface area contributed by atoms with E-state index in [1.165, 1.54) is 7.11 Å². The molecule has 5 aromatic rings. The fourth-order valence-corrected chi connectivity index (χ4v) is 9.23. The molecule has 3 amide bonds. The normalized spacial score (nSPS) is 22.7. The van der Waals surface area contributed by atoms with E-state index in [9.17, 15) is 14.4 Å². The average molecular weight is 790 g/mol. The lowest BCUT2D eigenvalue weighted by Crippen LogP contribution is -2.52. The number of carbonyl (C=O) groups is 3. The number of nitrogens with zero attached hydrogens (tertiary/aromatic N) is 4. The third-order valence-corrected chi connectivity index (χ3v) is 12.1. The van der Waals surface area contributed by atoms with Crippen LogP contribution in [0.1, 0.15) is 83.2 Å². The lowest BCUT2D eigenvalue weighted by molar-refractivity contribution is -0.136. The first kappa shape index (κ1) is 37.9. The molecule has 0 bridgehead atoms. The Hall–Kier alpha value is -5.63. The number of rotatable bonds is 8. The van der Waals surface area contributed by atoms with Crippen LogP contribution in [0.4, 0.5) is 9.59 Å². The zero-order chi connectivity index (χ0) is 40.6. The van der Waals surface area contributed by atoms with Crippen molar-refractivity contribution in [2.24, 2.45) is 17.8 Å². The molecule has 6 atom stereocenters. The number of methoxy groups -OCH3 is 2. The van der Waals surface area contributed by atoms with E-state index in [1.807, 2.05) is 51.8 Å². The van der Waals surface area contributed by atoms with Crippen LogP contribution in [0.2, 0.25) is 0 Å². The molecule has 2 saturated heterocycles. The Kier molecular flexibility index (Phi) is 9.37. The second-order valence-electron chi connectivity index (χ2n) is 17.6. The van der Waals surface area contributed by atoms with Crippen LogP contribution < -0.4 is 10.1 Å². The summed E-state index contributed by atoms with van der Waals surface area (Å²) in [6.07, 6.45) is 3.38. The van der Waals surface area contributed by atoms with Crippen LogP contribution in [0, 0.1) is 17.8 Å². The van der Waals surface area contributed by atoms with Gasteiger partial charge in [0.15, 0.2) is 0 Å². The van der Waals surface area contributed by atoms with Gasteiger partial charge in [-0.25, -0.2) is 19.6 Å². The molecule has 1 aliphatic carbocycles. The summed E-state index contributed by atoms with van der Waals surface area (Å²) >= 11 is 0. The molecular formula is C44H51N7O7. The number of aromatic nitrogens is 4. The number of benzene rings is 3. The molecule has 3 aromatic carbocycles. The fraction of sp³-hybridized carbons (Fsp3) is 0.477. The Bertz CT molecular complexity index is 2430. The van der Waals surface area contributed by atoms with E-state index in [1.54, 1.807) is 12.0 Å². The van der Waals surface area contributed by atoms with Crippen LogP contribution in [-0.2, 0) is 25.6 Å². The number of imidazole rings is 2. The Morgan fingerprint density at radius 1 is 0.983 bits per heavy atom. The van der Waals surface area contributed by atoms with Crippen molar-refractivity contribution in [2.75, 3.05) is 27.4 Å². The summed E-state index contributed by atoms with van der Waals surface area (Å²) in [5.74, 6) is 2.66. The molecule has 3 fully saturated rings. The van der Waals surface area contributed by atoms with Gasteiger partial charge in [-0.2, -0.15) is 0 Å². The smallest absolute Gasteiger partial charge is 0.410 e. The number of amides is 3. The molecule has 3 aliphatic heterocycles. The number of piperidine rings is 1. The molecule has 2 aromatic heterocycles. The summed E-state index contributed by atoms with van der Waals surface area (Å²) in [6.45, 7) is 11.0. The van der Waals surface area contributed by atoms with Crippen molar-refractivity contribution in [3.63, 3.8) is 0 Å². The van der Waals surface area contributed by atoms with Gasteiger partial charge >= 0.3 is 12.2 Å². The summed E-state index contributed by atoms with van der Waals surface area (Å²) in [5.41, 5.74) is 6.13. The van der Waals surface area contributed by atoms with E-state index >= 15 is 0 Å². The standard InChI is InChI=1S/C44H51N7O7/c1-22(2)37(49-42(53)56-7)41(52)51-33-15-26(33)16-35(51)40-46-31-11-9-24-14-30-28-10-8-25(13-27(28)21-57-36(30)17-29(24)38(31)48-40)32-18-45-39(47-32)34-12-23(20-55-6)19-50(34)43(54)58-44(3,4)5/h8-11,13-14,17-18,22-23,26,33-35,37H,12,15-16,19-21H2,1-7H3,(H,45,47)(H,46,48)(H,49,53)/t23-,26-,33-,34-,35-,37-/m0/s1. The average Bonchev–Trinajstić information content (AvgIpc) is 3.66. The van der Waals surface area contributed by atoms with E-state index in [-0.39, 0.29) is 42.0 Å². The number of ether oxygens (including phenoxy) is 4. The van der Waals surface area contributed by atoms with Crippen LogP contribution in [0.15, 0.2) is 48.7 Å². The summed E-state index contributed by atoms with van der Waals surface area (Å²) < 4.78 is 22.5. The van der Waals surface area contributed by atoms with Crippen molar-refractivity contribution in [3.05, 3.63) is 65.9 Å². The fourth-order valence-electron chi connectivity index (χ4n) is 9.23. The number of hydrogen-bond donors (Lipinski definition) is 3. The molecule has 0 spiro atoms. The van der Waals surface area contributed by atoms with Crippen molar-refractivity contribution in [3.8, 4) is 28.1 Å². The lowest BCUT2D eigenvalue weighted by atomic mass is 9.92. The minimum Gasteiger partial charge on any atom is -0.488 e. The van der Waals surface area contributed by atoms with E-state index < -0.39 is 17.7 Å². The molecule has 14 heteroatoms. The molecule has 3 N–H and O–H groups in total. The SMILES string of the molecule is COC[C@H]1C[C@@H](c2ncc(-c3ccc4c(c3)COc3cc5c(ccc6nc([C@@H]7C[C@@H]8C[C@@H]8N7C(=O)[C@@H](NC(=O)OC)C(C)C)[nH]c65)cc3-4)[nH]2)N(C(=O)OC(C)(C)C)C1. The molecule has 58 heavy (non-hydrogen) atoms. The van der Waals surface area contributed by atoms with Crippen LogP contribution >= 0.6 is 0 Å². The molecule has 0 unspecified atom stereocenters. The van der Waals surface area contributed by atoms with Crippen molar-refractivity contribution < 1.29 is 33.3 Å². The number of aromatic amines is 2. The first-order valence-corrected chi connectivity index (χ1v) is 20.2. The predicted octanol–water partition coefficient (Wildman–Crippen LogP) is 7.65. The number of fused-ring (bicyclic) bond motifs is 7. The Labute approximate surface area is 337 Å². The largest absolute Gasteiger partial charge is 0.488 e. The maximum Gasteiger partial charge on any atom is 0.410 e. The zero-order valence-electron chi connectivity index (χ0n) is 34.0. The minimum atomic E-state index is -0.692. The maximum atomic E-state index is 14.0. The van der Waals surface area contributed by atoms with E-state index in [4.69, 9.17) is 28.9 Å². The van der Waals surface area contributed by atoms with Crippen LogP contribution in [0.5, 0.6) is 5.75 Å². The second-order valence-corrected chi connectivity index (χ2v) is 17.6. The zero-order valence-corrected chi connectivity index (χ0v) is 34.0. The topological polar surface area (TPSA) is 164 Å². The van der Waals surface area contributed by atoms with Gasteiger partial charge in [-0.05, 0) is 98.2 Å². The number of nitrogens with one attached hydrogen (secondary N) is 3. The Morgan fingerprint density at radius 2 is 1.81 bits per heavy atom. The van der Waals surface area contributed by atoms with Gasteiger partial charge in [-0.15, -0.1) is 0 Å². The van der Waals surface area contributed by atoms with Gasteiger partial charge in [0, 0.05) is 36.6 Å². The van der Waals surface area contributed by atoms with Gasteiger partial charge in [-0.3, -0.25) is 9.69 Å².